The quantitative estimate of drug-likeness (QED) is 0.146. The molecule has 3 N–H and O–H groups in total. The number of rotatable bonds is 10. The first-order valence-electron chi connectivity index (χ1n) is 12.4. The van der Waals surface area contributed by atoms with Gasteiger partial charge in [0.15, 0.2) is 5.78 Å². The van der Waals surface area contributed by atoms with Gasteiger partial charge in [-0.1, -0.05) is 13.8 Å². The van der Waals surface area contributed by atoms with Crippen LogP contribution in [-0.2, 0) is 6.18 Å². The number of alkyl halides is 3. The number of carbonyl (C=O) groups excluding carboxylic acids is 1. The zero-order valence-corrected chi connectivity index (χ0v) is 22.4. The van der Waals surface area contributed by atoms with Crippen LogP contribution in [-0.4, -0.2) is 43.3 Å². The number of ketones is 1. The highest BCUT2D eigenvalue weighted by atomic mass is 19.4. The van der Waals surface area contributed by atoms with E-state index in [1.165, 1.54) is 32.5 Å². The number of hydrogen-bond acceptors (Lipinski definition) is 6. The lowest BCUT2D eigenvalue weighted by Crippen LogP contribution is -2.22. The number of aliphatic hydroxyl groups is 1. The summed E-state index contributed by atoms with van der Waals surface area (Å²) < 4.78 is 70.3. The van der Waals surface area contributed by atoms with Crippen LogP contribution in [0.2, 0.25) is 0 Å². The zero-order chi connectivity index (χ0) is 29.4. The summed E-state index contributed by atoms with van der Waals surface area (Å²) in [6, 6.07) is 10.2. The Balaban J connectivity index is 0.00000216. The average Bonchev–Trinajstić information content (AvgIpc) is 3.38. The summed E-state index contributed by atoms with van der Waals surface area (Å²) in [6.07, 6.45) is -3.27. The van der Waals surface area contributed by atoms with Crippen molar-refractivity contribution >= 4 is 22.4 Å². The van der Waals surface area contributed by atoms with E-state index in [9.17, 15) is 22.4 Å². The van der Waals surface area contributed by atoms with Crippen molar-refractivity contribution in [3.63, 3.8) is 0 Å². The molecular formula is C29H30F4N2O5. The fourth-order valence-electron chi connectivity index (χ4n) is 4.05. The third-order valence-electron chi connectivity index (χ3n) is 5.83. The molecule has 7 nitrogen and oxygen atoms in total. The number of nitrogens with one attached hydrogen (secondary N) is 2. The van der Waals surface area contributed by atoms with Gasteiger partial charge in [0.2, 0.25) is 0 Å². The zero-order valence-electron chi connectivity index (χ0n) is 22.4. The van der Waals surface area contributed by atoms with Crippen LogP contribution in [0.25, 0.3) is 10.9 Å². The van der Waals surface area contributed by atoms with Crippen molar-refractivity contribution in [2.45, 2.75) is 26.1 Å². The summed E-state index contributed by atoms with van der Waals surface area (Å²) in [5, 5.41) is 12.2. The molecule has 0 amide bonds. The number of hydrogen-bond donors (Lipinski definition) is 3. The number of fused-ring (bicyclic) bond motifs is 1. The molecule has 1 aromatic heterocycles. The number of benzene rings is 3. The molecule has 3 aromatic carbocycles. The molecule has 0 spiro atoms. The number of carbonyl (C=O) groups is 1. The van der Waals surface area contributed by atoms with Gasteiger partial charge in [-0.2, -0.15) is 13.2 Å². The number of halogens is 4. The number of aromatic nitrogens is 1. The van der Waals surface area contributed by atoms with Gasteiger partial charge in [-0.25, -0.2) is 4.39 Å². The van der Waals surface area contributed by atoms with Crippen LogP contribution in [0, 0.1) is 5.82 Å². The average molecular weight is 563 g/mol. The van der Waals surface area contributed by atoms with E-state index in [1.54, 1.807) is 18.2 Å². The molecule has 1 atom stereocenters. The number of anilines is 1. The van der Waals surface area contributed by atoms with Crippen LogP contribution in [0.4, 0.5) is 23.2 Å². The summed E-state index contributed by atoms with van der Waals surface area (Å²) in [7, 11) is 2.75. The van der Waals surface area contributed by atoms with E-state index in [-0.39, 0.29) is 35.5 Å². The van der Waals surface area contributed by atoms with Gasteiger partial charge >= 0.3 is 6.18 Å². The predicted molar refractivity (Wildman–Crippen MR) is 144 cm³/mol. The van der Waals surface area contributed by atoms with E-state index >= 15 is 0 Å². The van der Waals surface area contributed by atoms with Gasteiger partial charge in [-0.15, -0.1) is 0 Å². The van der Waals surface area contributed by atoms with Gasteiger partial charge in [-0.3, -0.25) is 4.79 Å². The summed E-state index contributed by atoms with van der Waals surface area (Å²) in [5.74, 6) is -0.422. The monoisotopic (exact) mass is 562 g/mol. The molecule has 40 heavy (non-hydrogen) atoms. The van der Waals surface area contributed by atoms with Crippen molar-refractivity contribution in [3.05, 3.63) is 83.3 Å². The summed E-state index contributed by atoms with van der Waals surface area (Å²) in [4.78, 5) is 16.8. The Morgan fingerprint density at radius 2 is 1.73 bits per heavy atom. The summed E-state index contributed by atoms with van der Waals surface area (Å²) in [5.41, 5.74) is 0.0431. The summed E-state index contributed by atoms with van der Waals surface area (Å²) >= 11 is 0. The molecule has 214 valence electrons. The molecule has 0 fully saturated rings. The van der Waals surface area contributed by atoms with Crippen molar-refractivity contribution in [1.82, 2.24) is 4.98 Å². The predicted octanol–water partition coefficient (Wildman–Crippen LogP) is 6.78. The van der Waals surface area contributed by atoms with Crippen LogP contribution in [0.15, 0.2) is 60.8 Å². The molecule has 4 rings (SSSR count). The van der Waals surface area contributed by atoms with E-state index in [4.69, 9.17) is 19.3 Å². The third-order valence-corrected chi connectivity index (χ3v) is 5.83. The van der Waals surface area contributed by atoms with Crippen molar-refractivity contribution in [2.24, 2.45) is 0 Å². The maximum Gasteiger partial charge on any atom is 0.416 e. The molecule has 4 aromatic rings. The van der Waals surface area contributed by atoms with Crippen LogP contribution in [0.1, 0.15) is 41.4 Å². The molecule has 0 saturated carbocycles. The van der Waals surface area contributed by atoms with Crippen molar-refractivity contribution in [1.29, 1.82) is 0 Å². The van der Waals surface area contributed by atoms with E-state index in [0.29, 0.717) is 22.7 Å². The maximum atomic E-state index is 14.0. The van der Waals surface area contributed by atoms with Crippen LogP contribution in [0.5, 0.6) is 17.2 Å². The van der Waals surface area contributed by atoms with Gasteiger partial charge in [0.05, 0.1) is 26.4 Å². The fraction of sp³-hybridized carbons (Fsp3) is 0.276. The largest absolute Gasteiger partial charge is 0.497 e. The van der Waals surface area contributed by atoms with E-state index < -0.39 is 29.4 Å². The van der Waals surface area contributed by atoms with Crippen molar-refractivity contribution < 1.29 is 41.7 Å². The van der Waals surface area contributed by atoms with Gasteiger partial charge < -0.3 is 29.6 Å². The minimum atomic E-state index is -4.60. The lowest BCUT2D eigenvalue weighted by molar-refractivity contribution is -0.137. The summed E-state index contributed by atoms with van der Waals surface area (Å²) in [6.45, 7) is 3.78. The molecular weight excluding hydrogens is 532 g/mol. The van der Waals surface area contributed by atoms with Crippen molar-refractivity contribution in [2.75, 3.05) is 32.8 Å². The highest BCUT2D eigenvalue weighted by Gasteiger charge is 2.32. The van der Waals surface area contributed by atoms with Gasteiger partial charge in [0.1, 0.15) is 35.7 Å². The number of ether oxygens (including phenoxy) is 3. The van der Waals surface area contributed by atoms with Gasteiger partial charge in [0.25, 0.3) is 0 Å². The molecule has 0 aliphatic rings. The number of aromatic amines is 1. The Kier molecular flexibility index (Phi) is 10.0. The van der Waals surface area contributed by atoms with Crippen molar-refractivity contribution in [3.8, 4) is 17.2 Å². The van der Waals surface area contributed by atoms with E-state index in [1.807, 2.05) is 13.8 Å². The Morgan fingerprint density at radius 3 is 2.38 bits per heavy atom. The highest BCUT2D eigenvalue weighted by molar-refractivity contribution is 6.11. The number of methoxy groups -OCH3 is 2. The molecule has 0 aliphatic heterocycles. The molecule has 1 unspecified atom stereocenters. The van der Waals surface area contributed by atoms with E-state index in [2.05, 4.69) is 10.3 Å². The molecule has 0 radical (unpaired) electrons. The first-order valence-corrected chi connectivity index (χ1v) is 12.4. The Bertz CT molecular complexity index is 1450. The maximum absolute atomic E-state index is 14.0. The van der Waals surface area contributed by atoms with Gasteiger partial charge in [0, 0.05) is 58.2 Å². The topological polar surface area (TPSA) is 92.8 Å². The van der Waals surface area contributed by atoms with Crippen LogP contribution < -0.4 is 19.5 Å². The fourth-order valence-corrected chi connectivity index (χ4v) is 4.05. The molecule has 1 heterocycles. The Hall–Kier alpha value is -4.25. The van der Waals surface area contributed by atoms with Crippen LogP contribution >= 0.6 is 0 Å². The molecule has 11 heteroatoms. The Morgan fingerprint density at radius 1 is 1.00 bits per heavy atom. The lowest BCUT2D eigenvalue weighted by Gasteiger charge is -2.22. The van der Waals surface area contributed by atoms with E-state index in [0.717, 1.165) is 24.3 Å². The molecule has 0 aliphatic carbocycles. The first-order chi connectivity index (χ1) is 19.1. The minimum absolute atomic E-state index is 0.00497. The first kappa shape index (κ1) is 30.3. The number of aliphatic hydroxyl groups excluding tert-OH is 1. The van der Waals surface area contributed by atoms with Crippen LogP contribution in [0.3, 0.4) is 0 Å². The third kappa shape index (κ3) is 6.84. The standard InChI is InChI=1S/C27H24F4N2O5.C2H6/c1-36-18-11-17(12-19(13-18)38-8-7-34)33-25(20-5-4-16(28)10-24(20)37-2)26(35)22-14-32-23-6-3-15(9-21(22)23)27(29,30)31;1-2/h3-6,9-14,25,32-34H,7-8H2,1-2H3;1-2H3. The highest BCUT2D eigenvalue weighted by Crippen LogP contribution is 2.37. The Labute approximate surface area is 228 Å². The smallest absolute Gasteiger partial charge is 0.416 e. The molecule has 0 saturated heterocycles. The second-order valence-electron chi connectivity index (χ2n) is 8.26. The minimum Gasteiger partial charge on any atom is -0.497 e. The molecule has 0 bridgehead atoms. The SMILES string of the molecule is CC.COc1cc(NC(C(=O)c2c[nH]c3ccc(C(F)(F)F)cc23)c2ccc(F)cc2OC)cc(OCCO)c1. The van der Waals surface area contributed by atoms with Gasteiger partial charge in [-0.05, 0) is 30.3 Å². The number of Topliss-reactive ketones (excluding diaryl/α,β-unsaturated/α-hetero) is 1. The second kappa shape index (κ2) is 13.2. The normalized spacial score (nSPS) is 11.8. The number of H-pyrrole nitrogens is 1. The lowest BCUT2D eigenvalue weighted by atomic mass is 9.95. The second-order valence-corrected chi connectivity index (χ2v) is 8.26.